The summed E-state index contributed by atoms with van der Waals surface area (Å²) in [7, 11) is 0. The van der Waals surface area contributed by atoms with Crippen molar-refractivity contribution in [2.45, 2.75) is 56.3 Å². The van der Waals surface area contributed by atoms with Crippen molar-refractivity contribution in [2.75, 3.05) is 13.2 Å². The Morgan fingerprint density at radius 3 is 2.21 bits per heavy atom. The van der Waals surface area contributed by atoms with Crippen LogP contribution >= 0.6 is 0 Å². The summed E-state index contributed by atoms with van der Waals surface area (Å²) in [6.45, 7) is -0.802. The third-order valence-corrected chi connectivity index (χ3v) is 6.35. The lowest BCUT2D eigenvalue weighted by Crippen LogP contribution is -2.60. The summed E-state index contributed by atoms with van der Waals surface area (Å²) in [5, 5.41) is 68.0. The van der Waals surface area contributed by atoms with Crippen LogP contribution in [0.25, 0.3) is 0 Å². The third kappa shape index (κ3) is 7.18. The van der Waals surface area contributed by atoms with Crippen LogP contribution in [0.3, 0.4) is 0 Å². The second kappa shape index (κ2) is 13.0. The minimum absolute atomic E-state index is 0.0622. The maximum absolute atomic E-state index is 12.6. The molecule has 0 aromatic heterocycles. The number of phenolic OH excluding ortho intramolecular Hbond substituents is 1. The molecule has 8 atom stereocenters. The number of hydrogen-bond acceptors (Lipinski definition) is 12. The van der Waals surface area contributed by atoms with Gasteiger partial charge in [0.25, 0.3) is 0 Å². The molecule has 1 saturated heterocycles. The number of aliphatic hydroxyl groups is 4. The second-order valence-corrected chi connectivity index (χ2v) is 8.93. The number of benzene rings is 1. The minimum atomic E-state index is -1.82. The Morgan fingerprint density at radius 1 is 0.921 bits per heavy atom. The van der Waals surface area contributed by atoms with Crippen molar-refractivity contribution in [1.82, 2.24) is 0 Å². The number of aliphatic hydroxyl groups excluding tert-OH is 4. The molecule has 0 bridgehead atoms. The van der Waals surface area contributed by atoms with E-state index in [1.165, 1.54) is 12.1 Å². The van der Waals surface area contributed by atoms with E-state index in [4.69, 9.17) is 18.9 Å². The number of carbonyl (C=O) groups excluding carboxylic acids is 1. The molecule has 0 spiro atoms. The summed E-state index contributed by atoms with van der Waals surface area (Å²) in [5.41, 5.74) is 0.366. The van der Waals surface area contributed by atoms with E-state index in [1.54, 1.807) is 12.1 Å². The number of phenols is 1. The minimum Gasteiger partial charge on any atom is -0.508 e. The number of carboxylic acids is 2. The van der Waals surface area contributed by atoms with Crippen LogP contribution in [0.15, 0.2) is 36.1 Å². The third-order valence-electron chi connectivity index (χ3n) is 6.35. The average Bonchev–Trinajstić information content (AvgIpc) is 2.86. The van der Waals surface area contributed by atoms with E-state index in [2.05, 4.69) is 0 Å². The quantitative estimate of drug-likeness (QED) is 0.162. The monoisotopic (exact) mass is 542 g/mol. The molecule has 1 aromatic rings. The van der Waals surface area contributed by atoms with Gasteiger partial charge in [0.1, 0.15) is 30.2 Å². The van der Waals surface area contributed by atoms with Gasteiger partial charge in [0.2, 0.25) is 6.29 Å². The van der Waals surface area contributed by atoms with Crippen molar-refractivity contribution in [2.24, 2.45) is 11.8 Å². The van der Waals surface area contributed by atoms with Crippen LogP contribution in [0, 0.1) is 11.8 Å². The lowest BCUT2D eigenvalue weighted by Gasteiger charge is -2.43. The van der Waals surface area contributed by atoms with E-state index in [0.29, 0.717) is 6.42 Å². The largest absolute Gasteiger partial charge is 0.508 e. The van der Waals surface area contributed by atoms with Gasteiger partial charge in [0, 0.05) is 18.3 Å². The van der Waals surface area contributed by atoms with Crippen molar-refractivity contribution in [3.63, 3.8) is 0 Å². The van der Waals surface area contributed by atoms with Gasteiger partial charge in [0.05, 0.1) is 37.9 Å². The molecule has 0 unspecified atom stereocenters. The lowest BCUT2D eigenvalue weighted by molar-refractivity contribution is -0.341. The molecule has 1 aromatic carbocycles. The first-order valence-corrected chi connectivity index (χ1v) is 11.7. The van der Waals surface area contributed by atoms with Crippen LogP contribution in [-0.2, 0) is 39.8 Å². The SMILES string of the molecule is O=C(O)C[C@H]1[C@H](O[C@@H]2O[C@H](CO)[C@@H](O)[C@H](O)[C@H]2O)OC=C(C(=O)O)[C@H]1CC(=O)OCCc1ccc(O)cc1. The van der Waals surface area contributed by atoms with E-state index in [9.17, 15) is 50.1 Å². The highest BCUT2D eigenvalue weighted by Crippen LogP contribution is 2.38. The topological polar surface area (TPSA) is 230 Å². The Balaban J connectivity index is 1.74. The number of carbonyl (C=O) groups is 3. The van der Waals surface area contributed by atoms with E-state index >= 15 is 0 Å². The number of rotatable bonds is 11. The van der Waals surface area contributed by atoms with E-state index in [1.807, 2.05) is 0 Å². The lowest BCUT2D eigenvalue weighted by atomic mass is 9.79. The van der Waals surface area contributed by atoms with Crippen molar-refractivity contribution < 1.29 is 69.1 Å². The summed E-state index contributed by atoms with van der Waals surface area (Å²) < 4.78 is 21.3. The highest BCUT2D eigenvalue weighted by Gasteiger charge is 2.48. The standard InChI is InChI=1S/C24H30O14/c25-9-16-19(30)20(31)21(32)24(37-16)38-23-14(7-17(27)28)13(15(10-36-23)22(33)34)8-18(29)35-6-5-11-1-3-12(26)4-2-11/h1-4,10,13-14,16,19-21,23-26,30-32H,5-9H2,(H,27,28)(H,33,34)/t13-,14+,16+,19+,20-,21+,23-,24-/m0/s1. The smallest absolute Gasteiger partial charge is 0.335 e. The average molecular weight is 542 g/mol. The number of aliphatic carboxylic acids is 2. The molecular weight excluding hydrogens is 512 g/mol. The zero-order valence-corrected chi connectivity index (χ0v) is 20.0. The second-order valence-electron chi connectivity index (χ2n) is 8.93. The number of hydrogen-bond donors (Lipinski definition) is 7. The fourth-order valence-electron chi connectivity index (χ4n) is 4.29. The predicted molar refractivity (Wildman–Crippen MR) is 122 cm³/mol. The normalized spacial score (nSPS) is 31.1. The van der Waals surface area contributed by atoms with Crippen LogP contribution in [0.2, 0.25) is 0 Å². The first-order chi connectivity index (χ1) is 18.0. The zero-order chi connectivity index (χ0) is 28.0. The Bertz CT molecular complexity index is 1010. The van der Waals surface area contributed by atoms with Crippen LogP contribution in [0.1, 0.15) is 18.4 Å². The molecule has 14 nitrogen and oxygen atoms in total. The molecule has 3 rings (SSSR count). The molecule has 0 saturated carbocycles. The van der Waals surface area contributed by atoms with Gasteiger partial charge >= 0.3 is 17.9 Å². The molecule has 7 N–H and O–H groups in total. The Morgan fingerprint density at radius 2 is 1.61 bits per heavy atom. The summed E-state index contributed by atoms with van der Waals surface area (Å²) in [6.07, 6.45) is -9.97. The van der Waals surface area contributed by atoms with Gasteiger partial charge in [-0.3, -0.25) is 9.59 Å². The summed E-state index contributed by atoms with van der Waals surface area (Å²) >= 11 is 0. The maximum atomic E-state index is 12.6. The molecule has 2 aliphatic heterocycles. The van der Waals surface area contributed by atoms with Crippen molar-refractivity contribution in [3.05, 3.63) is 41.7 Å². The van der Waals surface area contributed by atoms with Gasteiger partial charge in [-0.2, -0.15) is 0 Å². The molecular formula is C24H30O14. The molecule has 2 aliphatic rings. The number of esters is 1. The van der Waals surface area contributed by atoms with E-state index < -0.39 is 91.8 Å². The van der Waals surface area contributed by atoms with Crippen molar-refractivity contribution >= 4 is 17.9 Å². The Hall–Kier alpha value is -3.27. The fourth-order valence-corrected chi connectivity index (χ4v) is 4.29. The van der Waals surface area contributed by atoms with Crippen LogP contribution in [0.4, 0.5) is 0 Å². The number of ether oxygens (including phenoxy) is 4. The number of carboxylic acid groups (broad SMARTS) is 2. The molecule has 1 fully saturated rings. The highest BCUT2D eigenvalue weighted by molar-refractivity contribution is 5.88. The van der Waals surface area contributed by atoms with Gasteiger partial charge in [-0.15, -0.1) is 0 Å². The summed E-state index contributed by atoms with van der Waals surface area (Å²) in [5.74, 6) is -6.09. The molecule has 38 heavy (non-hydrogen) atoms. The molecule has 0 radical (unpaired) electrons. The molecule has 14 heteroatoms. The molecule has 0 aliphatic carbocycles. The van der Waals surface area contributed by atoms with Crippen LogP contribution in [-0.4, -0.2) is 104 Å². The van der Waals surface area contributed by atoms with Gasteiger partial charge < -0.3 is 54.7 Å². The molecule has 2 heterocycles. The van der Waals surface area contributed by atoms with Gasteiger partial charge in [-0.05, 0) is 17.7 Å². The van der Waals surface area contributed by atoms with Gasteiger partial charge in [0.15, 0.2) is 6.29 Å². The van der Waals surface area contributed by atoms with Gasteiger partial charge in [-0.1, -0.05) is 12.1 Å². The van der Waals surface area contributed by atoms with Crippen LogP contribution < -0.4 is 0 Å². The van der Waals surface area contributed by atoms with Gasteiger partial charge in [-0.25, -0.2) is 4.79 Å². The summed E-state index contributed by atoms with van der Waals surface area (Å²) in [6, 6.07) is 6.21. The maximum Gasteiger partial charge on any atom is 0.335 e. The first kappa shape index (κ1) is 29.3. The zero-order valence-electron chi connectivity index (χ0n) is 20.0. The van der Waals surface area contributed by atoms with Crippen molar-refractivity contribution in [1.29, 1.82) is 0 Å². The summed E-state index contributed by atoms with van der Waals surface area (Å²) in [4.78, 5) is 36.1. The molecule has 210 valence electrons. The van der Waals surface area contributed by atoms with E-state index in [0.717, 1.165) is 11.8 Å². The predicted octanol–water partition coefficient (Wildman–Crippen LogP) is -1.28. The highest BCUT2D eigenvalue weighted by atomic mass is 16.8. The molecule has 0 amide bonds. The van der Waals surface area contributed by atoms with Crippen LogP contribution in [0.5, 0.6) is 5.75 Å². The van der Waals surface area contributed by atoms with Crippen molar-refractivity contribution in [3.8, 4) is 5.75 Å². The Labute approximate surface area is 216 Å². The Kier molecular flexibility index (Phi) is 10.0. The van der Waals surface area contributed by atoms with E-state index in [-0.39, 0.29) is 12.4 Å². The number of aromatic hydroxyl groups is 1. The fraction of sp³-hybridized carbons (Fsp3) is 0.542. The first-order valence-electron chi connectivity index (χ1n) is 11.7.